The van der Waals surface area contributed by atoms with Crippen LogP contribution in [0.4, 0.5) is 5.00 Å². The normalized spacial score (nSPS) is 18.2. The summed E-state index contributed by atoms with van der Waals surface area (Å²) in [7, 11) is 0. The number of amides is 1. The largest absolute Gasteiger partial charge is 0.317 e. The van der Waals surface area contributed by atoms with Crippen LogP contribution in [-0.2, 0) is 11.3 Å². The number of rotatable bonds is 6. The van der Waals surface area contributed by atoms with Crippen LogP contribution >= 0.6 is 11.3 Å². The smallest absolute Gasteiger partial charge is 0.226 e. The summed E-state index contributed by atoms with van der Waals surface area (Å²) in [6.45, 7) is 2.64. The minimum Gasteiger partial charge on any atom is -0.317 e. The van der Waals surface area contributed by atoms with E-state index < -0.39 is 0 Å². The fourth-order valence-corrected chi connectivity index (χ4v) is 3.87. The topological polar surface area (TPSA) is 74.0 Å². The summed E-state index contributed by atoms with van der Waals surface area (Å²) in [5.41, 5.74) is 0.530. The van der Waals surface area contributed by atoms with E-state index in [1.807, 2.05) is 22.3 Å². The molecular formula is C17H21N5OS. The molecule has 1 aliphatic heterocycles. The number of anilines is 1. The van der Waals surface area contributed by atoms with Gasteiger partial charge in [0.25, 0.3) is 0 Å². The Morgan fingerprint density at radius 1 is 1.50 bits per heavy atom. The zero-order valence-electron chi connectivity index (χ0n) is 13.5. The van der Waals surface area contributed by atoms with Crippen LogP contribution in [-0.4, -0.2) is 39.7 Å². The summed E-state index contributed by atoms with van der Waals surface area (Å²) in [6, 6.07) is 6.19. The number of likely N-dealkylation sites (tertiary alicyclic amines) is 1. The minimum absolute atomic E-state index is 0.0302. The lowest BCUT2D eigenvalue weighted by molar-refractivity contribution is -0.116. The highest BCUT2D eigenvalue weighted by atomic mass is 32.1. The molecule has 0 spiro atoms. The lowest BCUT2D eigenvalue weighted by atomic mass is 10.0. The van der Waals surface area contributed by atoms with Crippen molar-refractivity contribution in [2.24, 2.45) is 0 Å². The van der Waals surface area contributed by atoms with Crippen molar-refractivity contribution in [2.75, 3.05) is 18.4 Å². The van der Waals surface area contributed by atoms with Crippen LogP contribution in [0.5, 0.6) is 0 Å². The second-order valence-corrected chi connectivity index (χ2v) is 6.90. The van der Waals surface area contributed by atoms with Crippen molar-refractivity contribution >= 4 is 22.2 Å². The number of carbonyl (C=O) groups excluding carboxylic acids is 1. The number of aromatic nitrogens is 2. The predicted molar refractivity (Wildman–Crippen MR) is 93.7 cm³/mol. The first kappa shape index (κ1) is 16.7. The monoisotopic (exact) mass is 343 g/mol. The van der Waals surface area contributed by atoms with E-state index in [4.69, 9.17) is 5.26 Å². The third-order valence-corrected chi connectivity index (χ3v) is 5.20. The van der Waals surface area contributed by atoms with Crippen LogP contribution in [0, 0.1) is 11.3 Å². The number of thiophene rings is 1. The van der Waals surface area contributed by atoms with Gasteiger partial charge < -0.3 is 5.32 Å². The Kier molecular flexibility index (Phi) is 5.62. The Balaban J connectivity index is 1.52. The molecule has 3 heterocycles. The third kappa shape index (κ3) is 4.22. The van der Waals surface area contributed by atoms with Crippen molar-refractivity contribution in [3.05, 3.63) is 35.5 Å². The third-order valence-electron chi connectivity index (χ3n) is 4.37. The number of carbonyl (C=O) groups is 1. The van der Waals surface area contributed by atoms with Gasteiger partial charge in [-0.25, -0.2) is 0 Å². The molecule has 1 aliphatic rings. The molecule has 6 nitrogen and oxygen atoms in total. The molecule has 2 aromatic heterocycles. The summed E-state index contributed by atoms with van der Waals surface area (Å²) in [4.78, 5) is 14.6. The van der Waals surface area contributed by atoms with Gasteiger partial charge in [0, 0.05) is 31.4 Å². The van der Waals surface area contributed by atoms with Crippen LogP contribution in [0.2, 0.25) is 0 Å². The number of hydrogen-bond acceptors (Lipinski definition) is 5. The molecule has 1 fully saturated rings. The van der Waals surface area contributed by atoms with E-state index in [1.165, 1.54) is 24.2 Å². The van der Waals surface area contributed by atoms with Crippen molar-refractivity contribution in [2.45, 2.75) is 38.3 Å². The van der Waals surface area contributed by atoms with Crippen LogP contribution in [0.25, 0.3) is 0 Å². The number of hydrogen-bond donors (Lipinski definition) is 1. The van der Waals surface area contributed by atoms with E-state index in [0.29, 0.717) is 23.0 Å². The van der Waals surface area contributed by atoms with Crippen molar-refractivity contribution in [3.8, 4) is 6.07 Å². The molecule has 0 saturated carbocycles. The first-order valence-electron chi connectivity index (χ1n) is 8.25. The second-order valence-electron chi connectivity index (χ2n) is 5.99. The van der Waals surface area contributed by atoms with Gasteiger partial charge in [0.1, 0.15) is 11.1 Å². The number of piperidine rings is 1. The fraction of sp³-hybridized carbons (Fsp3) is 0.471. The van der Waals surface area contributed by atoms with Crippen molar-refractivity contribution in [1.82, 2.24) is 14.7 Å². The summed E-state index contributed by atoms with van der Waals surface area (Å²) in [5.74, 6) is -0.0302. The van der Waals surface area contributed by atoms with Crippen LogP contribution < -0.4 is 5.32 Å². The van der Waals surface area contributed by atoms with Gasteiger partial charge in [0.2, 0.25) is 5.91 Å². The number of nitrogens with zero attached hydrogens (tertiary/aromatic N) is 4. The molecule has 0 unspecified atom stereocenters. The molecule has 0 aliphatic carbocycles. The molecule has 0 radical (unpaired) electrons. The van der Waals surface area contributed by atoms with Crippen molar-refractivity contribution in [1.29, 1.82) is 5.26 Å². The highest BCUT2D eigenvalue weighted by Gasteiger charge is 2.23. The Morgan fingerprint density at radius 2 is 2.42 bits per heavy atom. The quantitative estimate of drug-likeness (QED) is 0.875. The summed E-state index contributed by atoms with van der Waals surface area (Å²) in [6.07, 6.45) is 7.79. The second kappa shape index (κ2) is 8.08. The molecule has 3 rings (SSSR count). The molecule has 1 atom stereocenters. The standard InChI is InChI=1S/C17H21N5OS/c18-12-14-6-11-24-17(14)20-16(23)5-10-21-8-2-1-4-15(21)13-22-9-3-7-19-22/h3,6-7,9,11,15H,1-2,4-5,8,10,13H2,(H,20,23)/t15-/m0/s1. The number of nitrogens with one attached hydrogen (secondary N) is 1. The molecule has 126 valence electrons. The molecule has 1 N–H and O–H groups in total. The molecule has 7 heteroatoms. The summed E-state index contributed by atoms with van der Waals surface area (Å²) < 4.78 is 1.97. The van der Waals surface area contributed by atoms with Crippen LogP contribution in [0.15, 0.2) is 29.9 Å². The highest BCUT2D eigenvalue weighted by Crippen LogP contribution is 2.23. The van der Waals surface area contributed by atoms with Gasteiger partial charge in [-0.15, -0.1) is 11.3 Å². The Morgan fingerprint density at radius 3 is 3.21 bits per heavy atom. The molecule has 1 saturated heterocycles. The van der Waals surface area contributed by atoms with Gasteiger partial charge in [0.15, 0.2) is 0 Å². The van der Waals surface area contributed by atoms with E-state index >= 15 is 0 Å². The summed E-state index contributed by atoms with van der Waals surface area (Å²) >= 11 is 1.39. The van der Waals surface area contributed by atoms with Gasteiger partial charge in [-0.3, -0.25) is 14.4 Å². The first-order valence-corrected chi connectivity index (χ1v) is 9.13. The molecule has 1 amide bonds. The highest BCUT2D eigenvalue weighted by molar-refractivity contribution is 7.14. The molecule has 2 aromatic rings. The molecular weight excluding hydrogens is 322 g/mol. The zero-order valence-corrected chi connectivity index (χ0v) is 14.3. The van der Waals surface area contributed by atoms with Gasteiger partial charge in [-0.05, 0) is 36.9 Å². The van der Waals surface area contributed by atoms with Gasteiger partial charge >= 0.3 is 0 Å². The van der Waals surface area contributed by atoms with E-state index in [2.05, 4.69) is 21.4 Å². The van der Waals surface area contributed by atoms with Crippen molar-refractivity contribution < 1.29 is 4.79 Å². The predicted octanol–water partition coefficient (Wildman–Crippen LogP) is 2.70. The SMILES string of the molecule is N#Cc1ccsc1NC(=O)CCN1CCCC[C@H]1Cn1cccn1. The molecule has 24 heavy (non-hydrogen) atoms. The van der Waals surface area contributed by atoms with Crippen LogP contribution in [0.3, 0.4) is 0 Å². The number of nitriles is 1. The lowest BCUT2D eigenvalue weighted by Crippen LogP contribution is -2.43. The Labute approximate surface area is 145 Å². The van der Waals surface area contributed by atoms with E-state index in [1.54, 1.807) is 12.3 Å². The van der Waals surface area contributed by atoms with Gasteiger partial charge in [0.05, 0.1) is 12.1 Å². The van der Waals surface area contributed by atoms with E-state index in [9.17, 15) is 4.79 Å². The van der Waals surface area contributed by atoms with E-state index in [0.717, 1.165) is 26.1 Å². The zero-order chi connectivity index (χ0) is 16.8. The fourth-order valence-electron chi connectivity index (χ4n) is 3.11. The Bertz CT molecular complexity index is 703. The molecule has 0 aromatic carbocycles. The van der Waals surface area contributed by atoms with E-state index in [-0.39, 0.29) is 5.91 Å². The van der Waals surface area contributed by atoms with Gasteiger partial charge in [-0.2, -0.15) is 10.4 Å². The summed E-state index contributed by atoms with van der Waals surface area (Å²) in [5, 5.41) is 18.6. The first-order chi connectivity index (χ1) is 11.8. The maximum absolute atomic E-state index is 12.2. The minimum atomic E-state index is -0.0302. The van der Waals surface area contributed by atoms with Crippen molar-refractivity contribution in [3.63, 3.8) is 0 Å². The Hall–Kier alpha value is -2.17. The average Bonchev–Trinajstić information content (AvgIpc) is 3.25. The van der Waals surface area contributed by atoms with Gasteiger partial charge in [-0.1, -0.05) is 6.42 Å². The maximum atomic E-state index is 12.2. The average molecular weight is 343 g/mol. The lowest BCUT2D eigenvalue weighted by Gasteiger charge is -2.35. The van der Waals surface area contributed by atoms with Crippen LogP contribution in [0.1, 0.15) is 31.2 Å². The molecule has 0 bridgehead atoms. The maximum Gasteiger partial charge on any atom is 0.226 e.